The minimum absolute atomic E-state index is 0.0947. The highest BCUT2D eigenvalue weighted by Gasteiger charge is 2.26. The number of esters is 1. The van der Waals surface area contributed by atoms with Crippen molar-refractivity contribution in [1.29, 1.82) is 0 Å². The fraction of sp³-hybridized carbons (Fsp3) is 0.688. The molecular formula is C16H28N4O6. The van der Waals surface area contributed by atoms with Gasteiger partial charge >= 0.3 is 12.0 Å². The lowest BCUT2D eigenvalue weighted by atomic mass is 10.1. The Balaban J connectivity index is 4.40. The van der Waals surface area contributed by atoms with Crippen LogP contribution in [-0.4, -0.2) is 61.9 Å². The standard InChI is InChI=1S/C16H28N4O6/c1-16(2,3)26-14(24)12(20-15(25)19-8-9-21)6-4-5-7-18-13(23)10-17-11-22/h9,11-12H,4-8,10H2,1-3H3,(H,17,22)(H,18,23)(H2,19,20,25). The first-order valence-corrected chi connectivity index (χ1v) is 8.34. The summed E-state index contributed by atoms with van der Waals surface area (Å²) >= 11 is 0. The van der Waals surface area contributed by atoms with E-state index in [9.17, 15) is 24.0 Å². The van der Waals surface area contributed by atoms with Crippen LogP contribution in [0, 0.1) is 0 Å². The summed E-state index contributed by atoms with van der Waals surface area (Å²) in [6.07, 6.45) is 2.39. The second kappa shape index (κ2) is 12.7. The van der Waals surface area contributed by atoms with E-state index in [1.807, 2.05) is 0 Å². The van der Waals surface area contributed by atoms with E-state index in [-0.39, 0.29) is 19.0 Å². The van der Waals surface area contributed by atoms with E-state index >= 15 is 0 Å². The van der Waals surface area contributed by atoms with Crippen molar-refractivity contribution < 1.29 is 28.7 Å². The molecule has 0 aliphatic heterocycles. The lowest BCUT2D eigenvalue weighted by Crippen LogP contribution is -2.48. The Morgan fingerprint density at radius 2 is 1.77 bits per heavy atom. The molecule has 26 heavy (non-hydrogen) atoms. The molecule has 1 atom stereocenters. The second-order valence-corrected chi connectivity index (χ2v) is 6.45. The molecule has 10 nitrogen and oxygen atoms in total. The van der Waals surface area contributed by atoms with Crippen LogP contribution in [0.4, 0.5) is 4.79 Å². The molecule has 0 radical (unpaired) electrons. The van der Waals surface area contributed by atoms with Crippen molar-refractivity contribution in [2.24, 2.45) is 0 Å². The van der Waals surface area contributed by atoms with Gasteiger partial charge in [-0.3, -0.25) is 9.59 Å². The van der Waals surface area contributed by atoms with Crippen molar-refractivity contribution >= 4 is 30.6 Å². The molecule has 0 spiro atoms. The molecule has 0 heterocycles. The number of nitrogens with one attached hydrogen (secondary N) is 4. The number of hydrogen-bond acceptors (Lipinski definition) is 6. The van der Waals surface area contributed by atoms with E-state index in [0.29, 0.717) is 38.5 Å². The average Bonchev–Trinajstić information content (AvgIpc) is 2.55. The third-order valence-electron chi connectivity index (χ3n) is 2.93. The van der Waals surface area contributed by atoms with Gasteiger partial charge in [0.2, 0.25) is 12.3 Å². The van der Waals surface area contributed by atoms with Crippen molar-refractivity contribution in [3.63, 3.8) is 0 Å². The third-order valence-corrected chi connectivity index (χ3v) is 2.93. The zero-order chi connectivity index (χ0) is 20.0. The van der Waals surface area contributed by atoms with Crippen LogP contribution in [0.25, 0.3) is 0 Å². The number of amides is 4. The zero-order valence-corrected chi connectivity index (χ0v) is 15.4. The molecule has 0 aliphatic carbocycles. The van der Waals surface area contributed by atoms with Gasteiger partial charge in [-0.25, -0.2) is 9.59 Å². The molecule has 0 saturated carbocycles. The molecule has 0 saturated heterocycles. The first-order valence-electron chi connectivity index (χ1n) is 8.34. The zero-order valence-electron chi connectivity index (χ0n) is 15.4. The van der Waals surface area contributed by atoms with Gasteiger partial charge in [0.25, 0.3) is 0 Å². The van der Waals surface area contributed by atoms with Gasteiger partial charge in [-0.1, -0.05) is 0 Å². The summed E-state index contributed by atoms with van der Waals surface area (Å²) < 4.78 is 5.28. The fourth-order valence-corrected chi connectivity index (χ4v) is 1.86. The molecule has 4 amide bonds. The number of carbonyl (C=O) groups is 5. The maximum atomic E-state index is 12.2. The smallest absolute Gasteiger partial charge is 0.329 e. The Labute approximate surface area is 152 Å². The van der Waals surface area contributed by atoms with Gasteiger partial charge in [0.15, 0.2) is 0 Å². The number of aldehydes is 1. The normalized spacial score (nSPS) is 11.7. The van der Waals surface area contributed by atoms with Gasteiger partial charge < -0.3 is 30.8 Å². The van der Waals surface area contributed by atoms with E-state index in [1.54, 1.807) is 20.8 Å². The summed E-state index contributed by atoms with van der Waals surface area (Å²) in [6.45, 7) is 5.28. The number of rotatable bonds is 12. The average molecular weight is 372 g/mol. The summed E-state index contributed by atoms with van der Waals surface area (Å²) in [5.74, 6) is -0.884. The predicted octanol–water partition coefficient (Wildman–Crippen LogP) is -0.773. The summed E-state index contributed by atoms with van der Waals surface area (Å²) in [5.41, 5.74) is -0.699. The van der Waals surface area contributed by atoms with Crippen LogP contribution in [-0.2, 0) is 23.9 Å². The first-order chi connectivity index (χ1) is 12.2. The lowest BCUT2D eigenvalue weighted by molar-refractivity contribution is -0.157. The fourth-order valence-electron chi connectivity index (χ4n) is 1.86. The molecule has 1 unspecified atom stereocenters. The van der Waals surface area contributed by atoms with Crippen molar-refractivity contribution in [1.82, 2.24) is 21.3 Å². The van der Waals surface area contributed by atoms with Gasteiger partial charge in [-0.05, 0) is 40.0 Å². The lowest BCUT2D eigenvalue weighted by Gasteiger charge is -2.24. The molecule has 0 rings (SSSR count). The van der Waals surface area contributed by atoms with Crippen LogP contribution in [0.1, 0.15) is 40.0 Å². The van der Waals surface area contributed by atoms with Crippen molar-refractivity contribution in [3.05, 3.63) is 0 Å². The summed E-state index contributed by atoms with van der Waals surface area (Å²) in [5, 5.41) is 9.64. The molecule has 0 bridgehead atoms. The maximum absolute atomic E-state index is 12.2. The number of ether oxygens (including phenoxy) is 1. The molecule has 10 heteroatoms. The largest absolute Gasteiger partial charge is 0.458 e. The van der Waals surface area contributed by atoms with Gasteiger partial charge in [0.1, 0.15) is 17.9 Å². The van der Waals surface area contributed by atoms with Crippen LogP contribution in [0.3, 0.4) is 0 Å². The quantitative estimate of drug-likeness (QED) is 0.201. The summed E-state index contributed by atoms with van der Waals surface area (Å²) in [6, 6.07) is -1.51. The van der Waals surface area contributed by atoms with Gasteiger partial charge in [0, 0.05) is 6.54 Å². The van der Waals surface area contributed by atoms with Gasteiger partial charge in [0.05, 0.1) is 13.1 Å². The molecule has 0 aromatic carbocycles. The molecule has 0 fully saturated rings. The Morgan fingerprint density at radius 3 is 2.35 bits per heavy atom. The summed E-state index contributed by atoms with van der Waals surface area (Å²) in [4.78, 5) is 55.6. The monoisotopic (exact) mass is 372 g/mol. The van der Waals surface area contributed by atoms with Crippen molar-refractivity contribution in [2.75, 3.05) is 19.6 Å². The van der Waals surface area contributed by atoms with E-state index in [4.69, 9.17) is 4.74 Å². The van der Waals surface area contributed by atoms with Crippen LogP contribution >= 0.6 is 0 Å². The van der Waals surface area contributed by atoms with E-state index in [0.717, 1.165) is 0 Å². The Morgan fingerprint density at radius 1 is 1.08 bits per heavy atom. The Kier molecular flexibility index (Phi) is 11.4. The minimum atomic E-state index is -0.867. The minimum Gasteiger partial charge on any atom is -0.458 e. The highest BCUT2D eigenvalue weighted by Crippen LogP contribution is 2.11. The van der Waals surface area contributed by atoms with E-state index < -0.39 is 23.6 Å². The van der Waals surface area contributed by atoms with Crippen molar-refractivity contribution in [3.8, 4) is 0 Å². The van der Waals surface area contributed by atoms with Crippen LogP contribution in [0.2, 0.25) is 0 Å². The highest BCUT2D eigenvalue weighted by molar-refractivity contribution is 5.84. The molecular weight excluding hydrogens is 344 g/mol. The summed E-state index contributed by atoms with van der Waals surface area (Å²) in [7, 11) is 0. The van der Waals surface area contributed by atoms with Gasteiger partial charge in [-0.15, -0.1) is 0 Å². The maximum Gasteiger partial charge on any atom is 0.329 e. The third kappa shape index (κ3) is 12.7. The Bertz CT molecular complexity index is 490. The molecule has 0 aliphatic rings. The van der Waals surface area contributed by atoms with Crippen LogP contribution in [0.5, 0.6) is 0 Å². The predicted molar refractivity (Wildman–Crippen MR) is 93.2 cm³/mol. The molecule has 0 aromatic heterocycles. The molecule has 4 N–H and O–H groups in total. The number of hydrogen-bond donors (Lipinski definition) is 4. The topological polar surface area (TPSA) is 143 Å². The number of urea groups is 1. The SMILES string of the molecule is CC(C)(C)OC(=O)C(CCCCNC(=O)CNC=O)NC(=O)NCC=O. The number of unbranched alkanes of at least 4 members (excludes halogenated alkanes) is 1. The number of carbonyl (C=O) groups excluding carboxylic acids is 5. The second-order valence-electron chi connectivity index (χ2n) is 6.45. The van der Waals surface area contributed by atoms with E-state index in [2.05, 4.69) is 21.3 Å². The van der Waals surface area contributed by atoms with Crippen LogP contribution < -0.4 is 21.3 Å². The molecule has 0 aromatic rings. The Hall–Kier alpha value is -2.65. The first kappa shape index (κ1) is 23.4. The van der Waals surface area contributed by atoms with E-state index in [1.165, 1.54) is 0 Å². The highest BCUT2D eigenvalue weighted by atomic mass is 16.6. The van der Waals surface area contributed by atoms with Gasteiger partial charge in [-0.2, -0.15) is 0 Å². The van der Waals surface area contributed by atoms with Crippen molar-refractivity contribution in [2.45, 2.75) is 51.7 Å². The molecule has 148 valence electrons. The van der Waals surface area contributed by atoms with Crippen LogP contribution in [0.15, 0.2) is 0 Å².